The van der Waals surface area contributed by atoms with Crippen LogP contribution in [0.15, 0.2) is 84.9 Å². The van der Waals surface area contributed by atoms with Crippen LogP contribution in [0.1, 0.15) is 148 Å². The predicted octanol–water partition coefficient (Wildman–Crippen LogP) is 10.9. The Hall–Kier alpha value is -4.22. The molecule has 0 unspecified atom stereocenters. The van der Waals surface area contributed by atoms with Gasteiger partial charge >= 0.3 is 11.9 Å². The third-order valence-corrected chi connectivity index (χ3v) is 9.25. The van der Waals surface area contributed by atoms with E-state index in [1.54, 1.807) is 0 Å². The van der Waals surface area contributed by atoms with E-state index in [0.717, 1.165) is 44.5 Å². The molecule has 0 atom stereocenters. The summed E-state index contributed by atoms with van der Waals surface area (Å²) in [5.41, 5.74) is 9.60. The number of carbonyl (C=O) groups excluding carboxylic acids is 2. The second kappa shape index (κ2) is 15.6. The fourth-order valence-electron chi connectivity index (χ4n) is 5.55. The molecule has 0 radical (unpaired) electrons. The number of benzene rings is 4. The maximum atomic E-state index is 13.1. The number of carbonyl (C=O) groups is 2. The molecule has 272 valence electrons. The third kappa shape index (κ3) is 11.4. The Bertz CT molecular complexity index is 1610. The van der Waals surface area contributed by atoms with Crippen LogP contribution < -0.4 is 5.32 Å². The lowest BCUT2D eigenvalue weighted by molar-refractivity contribution is 0.0463. The standard InChI is InChI=1S/C46H59NO4/c1-43(2,3)37-21-35(22-38(25-37)44(4,5)6)41(48)50-29-33-17-13-31(14-18-33)27-47-28-32-15-19-34(20-16-32)30-51-42(49)36-23-39(45(7,8)9)26-40(24-36)46(10,11)12/h13-26,47H,27-30H2,1-12H3. The minimum Gasteiger partial charge on any atom is -0.457 e. The van der Waals surface area contributed by atoms with Crippen LogP contribution in [0.25, 0.3) is 0 Å². The Balaban J connectivity index is 1.26. The van der Waals surface area contributed by atoms with E-state index >= 15 is 0 Å². The van der Waals surface area contributed by atoms with Crippen LogP contribution in [0.5, 0.6) is 0 Å². The van der Waals surface area contributed by atoms with Gasteiger partial charge in [0, 0.05) is 13.1 Å². The minimum atomic E-state index is -0.304. The normalized spacial score (nSPS) is 12.5. The summed E-state index contributed by atoms with van der Waals surface area (Å²) in [7, 11) is 0. The molecule has 4 aromatic carbocycles. The first kappa shape index (κ1) is 39.6. The Labute approximate surface area is 307 Å². The molecule has 0 heterocycles. The van der Waals surface area contributed by atoms with Gasteiger partial charge in [-0.1, -0.05) is 144 Å². The van der Waals surface area contributed by atoms with Crippen LogP contribution in [0.2, 0.25) is 0 Å². The molecule has 0 saturated carbocycles. The monoisotopic (exact) mass is 689 g/mol. The van der Waals surface area contributed by atoms with Crippen LogP contribution in [0.3, 0.4) is 0 Å². The molecule has 0 aliphatic heterocycles. The molecule has 0 aliphatic rings. The summed E-state index contributed by atoms with van der Waals surface area (Å²) in [6.45, 7) is 27.8. The fraction of sp³-hybridized carbons (Fsp3) is 0.435. The number of esters is 2. The molecule has 4 rings (SSSR count). The van der Waals surface area contributed by atoms with Crippen LogP contribution >= 0.6 is 0 Å². The molecule has 0 bridgehead atoms. The highest BCUT2D eigenvalue weighted by Gasteiger charge is 2.24. The molecular formula is C46H59NO4. The molecule has 0 amide bonds. The summed E-state index contributed by atoms with van der Waals surface area (Å²) >= 11 is 0. The van der Waals surface area contributed by atoms with E-state index in [0.29, 0.717) is 24.2 Å². The SMILES string of the molecule is CC(C)(C)c1cc(C(=O)OCc2ccc(CNCc3ccc(COC(=O)c4cc(C(C)(C)C)cc(C(C)(C)C)c4)cc3)cc2)cc(C(C)(C)C)c1. The summed E-state index contributed by atoms with van der Waals surface area (Å²) in [6.07, 6.45) is 0. The maximum Gasteiger partial charge on any atom is 0.338 e. The topological polar surface area (TPSA) is 64.6 Å². The predicted molar refractivity (Wildman–Crippen MR) is 209 cm³/mol. The molecule has 51 heavy (non-hydrogen) atoms. The zero-order valence-electron chi connectivity index (χ0n) is 33.0. The summed E-state index contributed by atoms with van der Waals surface area (Å²) < 4.78 is 11.5. The highest BCUT2D eigenvalue weighted by molar-refractivity contribution is 5.90. The van der Waals surface area contributed by atoms with Crippen LogP contribution in [-0.4, -0.2) is 11.9 Å². The molecule has 5 heteroatoms. The van der Waals surface area contributed by atoms with E-state index in [1.807, 2.05) is 48.5 Å². The fourth-order valence-corrected chi connectivity index (χ4v) is 5.55. The van der Waals surface area contributed by atoms with Crippen LogP contribution in [0.4, 0.5) is 0 Å². The van der Waals surface area contributed by atoms with Crippen LogP contribution in [-0.2, 0) is 57.4 Å². The lowest BCUT2D eigenvalue weighted by Gasteiger charge is -2.26. The van der Waals surface area contributed by atoms with Gasteiger partial charge in [-0.25, -0.2) is 9.59 Å². The van der Waals surface area contributed by atoms with Gasteiger partial charge in [-0.3, -0.25) is 0 Å². The minimum absolute atomic E-state index is 0.0721. The molecule has 0 aliphatic carbocycles. The van der Waals surface area contributed by atoms with E-state index < -0.39 is 0 Å². The van der Waals surface area contributed by atoms with Gasteiger partial charge in [-0.05, 0) is 90.4 Å². The second-order valence-corrected chi connectivity index (χ2v) is 18.0. The largest absolute Gasteiger partial charge is 0.457 e. The van der Waals surface area contributed by atoms with Crippen molar-refractivity contribution in [1.29, 1.82) is 0 Å². The van der Waals surface area contributed by atoms with Crippen LogP contribution in [0, 0.1) is 0 Å². The first-order chi connectivity index (χ1) is 23.6. The van der Waals surface area contributed by atoms with Crippen molar-refractivity contribution in [3.05, 3.63) is 141 Å². The molecule has 5 nitrogen and oxygen atoms in total. The zero-order chi connectivity index (χ0) is 37.8. The highest BCUT2D eigenvalue weighted by Crippen LogP contribution is 2.32. The average molecular weight is 690 g/mol. The van der Waals surface area contributed by atoms with Gasteiger partial charge in [-0.15, -0.1) is 0 Å². The lowest BCUT2D eigenvalue weighted by Crippen LogP contribution is -2.18. The third-order valence-electron chi connectivity index (χ3n) is 9.25. The number of hydrogen-bond acceptors (Lipinski definition) is 5. The van der Waals surface area contributed by atoms with Crippen molar-refractivity contribution in [1.82, 2.24) is 5.32 Å². The van der Waals surface area contributed by atoms with Gasteiger partial charge in [-0.2, -0.15) is 0 Å². The summed E-state index contributed by atoms with van der Waals surface area (Å²) in [5, 5.41) is 3.50. The molecule has 0 spiro atoms. The zero-order valence-corrected chi connectivity index (χ0v) is 33.0. The Morgan fingerprint density at radius 2 is 0.686 bits per heavy atom. The van der Waals surface area contributed by atoms with Crippen molar-refractivity contribution in [3.8, 4) is 0 Å². The first-order valence-electron chi connectivity index (χ1n) is 18.1. The van der Waals surface area contributed by atoms with Crippen molar-refractivity contribution in [2.45, 2.75) is 131 Å². The Kier molecular flexibility index (Phi) is 12.1. The smallest absolute Gasteiger partial charge is 0.338 e. The van der Waals surface area contributed by atoms with Gasteiger partial charge in [0.25, 0.3) is 0 Å². The van der Waals surface area contributed by atoms with Gasteiger partial charge in [0.05, 0.1) is 11.1 Å². The van der Waals surface area contributed by atoms with E-state index in [2.05, 4.69) is 125 Å². The summed E-state index contributed by atoms with van der Waals surface area (Å²) in [5.74, 6) is -0.607. The molecule has 0 fully saturated rings. The highest BCUT2D eigenvalue weighted by atomic mass is 16.5. The van der Waals surface area contributed by atoms with Gasteiger partial charge in [0.15, 0.2) is 0 Å². The van der Waals surface area contributed by atoms with E-state index in [4.69, 9.17) is 9.47 Å². The Morgan fingerprint density at radius 1 is 0.431 bits per heavy atom. The van der Waals surface area contributed by atoms with E-state index in [9.17, 15) is 9.59 Å². The van der Waals surface area contributed by atoms with Gasteiger partial charge in [0.1, 0.15) is 13.2 Å². The second-order valence-electron chi connectivity index (χ2n) is 18.0. The number of hydrogen-bond donors (Lipinski definition) is 1. The molecule has 0 saturated heterocycles. The number of ether oxygens (including phenoxy) is 2. The quantitative estimate of drug-likeness (QED) is 0.168. The summed E-state index contributed by atoms with van der Waals surface area (Å²) in [6, 6.07) is 28.5. The molecule has 1 N–H and O–H groups in total. The van der Waals surface area contributed by atoms with E-state index in [1.165, 1.54) is 0 Å². The number of rotatable bonds is 10. The summed E-state index contributed by atoms with van der Waals surface area (Å²) in [4.78, 5) is 26.2. The van der Waals surface area contributed by atoms with Gasteiger partial charge < -0.3 is 14.8 Å². The average Bonchev–Trinajstić information content (AvgIpc) is 3.05. The molecular weight excluding hydrogens is 631 g/mol. The van der Waals surface area contributed by atoms with Crippen molar-refractivity contribution in [3.63, 3.8) is 0 Å². The number of nitrogens with one attached hydrogen (secondary N) is 1. The van der Waals surface area contributed by atoms with Gasteiger partial charge in [0.2, 0.25) is 0 Å². The van der Waals surface area contributed by atoms with Crippen molar-refractivity contribution in [2.24, 2.45) is 0 Å². The van der Waals surface area contributed by atoms with E-state index in [-0.39, 0.29) is 46.8 Å². The van der Waals surface area contributed by atoms with Crippen molar-refractivity contribution < 1.29 is 19.1 Å². The molecule has 4 aromatic rings. The Morgan fingerprint density at radius 3 is 0.941 bits per heavy atom. The lowest BCUT2D eigenvalue weighted by atomic mass is 9.79. The van der Waals surface area contributed by atoms with Crippen molar-refractivity contribution >= 4 is 11.9 Å². The van der Waals surface area contributed by atoms with Crippen molar-refractivity contribution in [2.75, 3.05) is 0 Å². The maximum absolute atomic E-state index is 13.1. The molecule has 0 aromatic heterocycles. The first-order valence-corrected chi connectivity index (χ1v) is 18.1.